The van der Waals surface area contributed by atoms with Gasteiger partial charge >= 0.3 is 5.97 Å². The number of phenolic OH excluding ortho intramolecular Hbond substituents is 1. The number of nitrogens with zero attached hydrogens (tertiary/aromatic N) is 1. The van der Waals surface area contributed by atoms with Crippen LogP contribution in [-0.4, -0.2) is 27.2 Å². The molecule has 1 aromatic heterocycles. The minimum absolute atomic E-state index is 0.170. The Bertz CT molecular complexity index is 921. The minimum Gasteiger partial charge on any atom is -0.507 e. The average molecular weight is 410 g/mol. The highest BCUT2D eigenvalue weighted by Crippen LogP contribution is 2.35. The average Bonchev–Trinajstić information content (AvgIpc) is 3.12. The zero-order valence-electron chi connectivity index (χ0n) is 13.3. The lowest BCUT2D eigenvalue weighted by Gasteiger charge is -2.12. The Morgan fingerprint density at radius 1 is 1.19 bits per heavy atom. The molecule has 8 heteroatoms. The summed E-state index contributed by atoms with van der Waals surface area (Å²) < 4.78 is 9.16. The summed E-state index contributed by atoms with van der Waals surface area (Å²) in [6.07, 6.45) is 2.14. The quantitative estimate of drug-likeness (QED) is 0.606. The smallest absolute Gasteiger partial charge is 0.341 e. The Balaban J connectivity index is 1.87. The van der Waals surface area contributed by atoms with Crippen LogP contribution in [0.25, 0.3) is 11.1 Å². The van der Waals surface area contributed by atoms with E-state index in [1.807, 2.05) is 11.4 Å². The topological polar surface area (TPSA) is 79.7 Å². The third-order valence-corrected chi connectivity index (χ3v) is 4.92. The van der Waals surface area contributed by atoms with Crippen LogP contribution in [0.4, 0.5) is 0 Å². The van der Waals surface area contributed by atoms with Crippen molar-refractivity contribution in [2.75, 3.05) is 6.61 Å². The van der Waals surface area contributed by atoms with Crippen molar-refractivity contribution in [2.45, 2.75) is 6.42 Å². The fraction of sp³-hybridized carbons (Fsp3) is 0.111. The van der Waals surface area contributed by atoms with E-state index in [4.69, 9.17) is 33.0 Å². The van der Waals surface area contributed by atoms with Crippen molar-refractivity contribution < 1.29 is 19.7 Å². The summed E-state index contributed by atoms with van der Waals surface area (Å²) in [5.74, 6) is -0.619. The number of carboxylic acid groups (broad SMARTS) is 1. The number of aromatic nitrogens is 1. The number of halogens is 2. The molecule has 0 spiro atoms. The van der Waals surface area contributed by atoms with Gasteiger partial charge in [0, 0.05) is 39.2 Å². The van der Waals surface area contributed by atoms with Crippen LogP contribution in [-0.2, 0) is 11.2 Å². The summed E-state index contributed by atoms with van der Waals surface area (Å²) in [4.78, 5) is 10.6. The van der Waals surface area contributed by atoms with Crippen LogP contribution in [0.1, 0.15) is 11.1 Å². The first-order valence-electron chi connectivity index (χ1n) is 7.48. The first kappa shape index (κ1) is 18.5. The molecule has 0 radical (unpaired) electrons. The number of hydrogen-bond acceptors (Lipinski definition) is 5. The van der Waals surface area contributed by atoms with Crippen LogP contribution in [0.15, 0.2) is 41.9 Å². The van der Waals surface area contributed by atoms with E-state index in [1.54, 1.807) is 18.3 Å². The Hall–Kier alpha value is -2.28. The van der Waals surface area contributed by atoms with Gasteiger partial charge in [0.25, 0.3) is 0 Å². The van der Waals surface area contributed by atoms with Crippen LogP contribution < -0.4 is 4.74 Å². The van der Waals surface area contributed by atoms with E-state index in [0.717, 1.165) is 11.1 Å². The molecule has 0 fully saturated rings. The number of benzene rings is 2. The van der Waals surface area contributed by atoms with Crippen molar-refractivity contribution >= 4 is 40.7 Å². The third kappa shape index (κ3) is 4.27. The van der Waals surface area contributed by atoms with Crippen LogP contribution in [0.2, 0.25) is 10.0 Å². The lowest BCUT2D eigenvalue weighted by atomic mass is 10.00. The van der Waals surface area contributed by atoms with Gasteiger partial charge in [-0.2, -0.15) is 0 Å². The van der Waals surface area contributed by atoms with Gasteiger partial charge in [0.2, 0.25) is 0 Å². The molecule has 0 unspecified atom stereocenters. The van der Waals surface area contributed by atoms with Crippen molar-refractivity contribution in [1.29, 1.82) is 0 Å². The van der Waals surface area contributed by atoms with Crippen molar-refractivity contribution in [1.82, 2.24) is 4.37 Å². The van der Waals surface area contributed by atoms with Crippen molar-refractivity contribution in [3.8, 4) is 22.6 Å². The Kier molecular flexibility index (Phi) is 5.66. The van der Waals surface area contributed by atoms with Gasteiger partial charge in [-0.05, 0) is 46.9 Å². The molecule has 0 aliphatic rings. The summed E-state index contributed by atoms with van der Waals surface area (Å²) in [7, 11) is 0. The second-order valence-electron chi connectivity index (χ2n) is 5.49. The Morgan fingerprint density at radius 2 is 1.92 bits per heavy atom. The van der Waals surface area contributed by atoms with E-state index in [0.29, 0.717) is 33.3 Å². The van der Waals surface area contributed by atoms with Crippen molar-refractivity contribution in [2.24, 2.45) is 0 Å². The maximum atomic E-state index is 10.6. The molecule has 0 bridgehead atoms. The molecule has 3 rings (SSSR count). The maximum absolute atomic E-state index is 10.6. The van der Waals surface area contributed by atoms with E-state index in [1.165, 1.54) is 23.7 Å². The third-order valence-electron chi connectivity index (χ3n) is 3.66. The monoisotopic (exact) mass is 409 g/mol. The molecule has 0 aliphatic carbocycles. The molecule has 2 N–H and O–H groups in total. The molecule has 5 nitrogen and oxygen atoms in total. The molecule has 0 amide bonds. The summed E-state index contributed by atoms with van der Waals surface area (Å²) in [6.45, 7) is -0.470. The number of carboxylic acids is 1. The summed E-state index contributed by atoms with van der Waals surface area (Å²) >= 11 is 13.9. The summed E-state index contributed by atoms with van der Waals surface area (Å²) in [5.41, 5.74) is 3.12. The minimum atomic E-state index is -1.08. The van der Waals surface area contributed by atoms with Gasteiger partial charge in [-0.25, -0.2) is 9.17 Å². The summed E-state index contributed by atoms with van der Waals surface area (Å²) in [6, 6.07) is 8.35. The van der Waals surface area contributed by atoms with Gasteiger partial charge in [0.05, 0.1) is 0 Å². The molecule has 134 valence electrons. The largest absolute Gasteiger partial charge is 0.507 e. The first-order chi connectivity index (χ1) is 12.4. The van der Waals surface area contributed by atoms with Crippen LogP contribution in [0, 0.1) is 0 Å². The molecular formula is C18H13Cl2NO4S. The van der Waals surface area contributed by atoms with Crippen LogP contribution >= 0.6 is 34.7 Å². The highest BCUT2D eigenvalue weighted by Gasteiger charge is 2.13. The molecule has 0 atom stereocenters. The fourth-order valence-corrected chi connectivity index (χ4v) is 3.58. The standard InChI is InChI=1S/C18H13Cl2NO4S/c19-15-5-12(25-8-18(23)24)6-16(20)14(15)4-10-1-2-17(22)13(3-10)11-7-21-26-9-11/h1-3,5-7,9,22H,4,8H2,(H,23,24). The highest BCUT2D eigenvalue weighted by atomic mass is 35.5. The number of ether oxygens (including phenoxy) is 1. The molecule has 26 heavy (non-hydrogen) atoms. The predicted octanol–water partition coefficient (Wildman–Crippen LogP) is 4.88. The molecular weight excluding hydrogens is 397 g/mol. The first-order valence-corrected chi connectivity index (χ1v) is 9.07. The van der Waals surface area contributed by atoms with E-state index in [-0.39, 0.29) is 5.75 Å². The molecule has 1 heterocycles. The number of aromatic hydroxyl groups is 1. The Morgan fingerprint density at radius 3 is 2.54 bits per heavy atom. The molecule has 0 saturated carbocycles. The fourth-order valence-electron chi connectivity index (χ4n) is 2.44. The van der Waals surface area contributed by atoms with Gasteiger partial charge in [-0.1, -0.05) is 29.3 Å². The number of phenols is 1. The second kappa shape index (κ2) is 7.95. The number of carbonyl (C=O) groups is 1. The second-order valence-corrected chi connectivity index (χ2v) is 6.96. The zero-order valence-corrected chi connectivity index (χ0v) is 15.6. The van der Waals surface area contributed by atoms with Crippen LogP contribution in [0.3, 0.4) is 0 Å². The number of rotatable bonds is 6. The highest BCUT2D eigenvalue weighted by molar-refractivity contribution is 7.03. The predicted molar refractivity (Wildman–Crippen MR) is 102 cm³/mol. The lowest BCUT2D eigenvalue weighted by molar-refractivity contribution is -0.139. The van der Waals surface area contributed by atoms with Gasteiger partial charge in [-0.3, -0.25) is 0 Å². The maximum Gasteiger partial charge on any atom is 0.341 e. The summed E-state index contributed by atoms with van der Waals surface area (Å²) in [5, 5.41) is 21.4. The van der Waals surface area contributed by atoms with Gasteiger partial charge in [0.15, 0.2) is 6.61 Å². The van der Waals surface area contributed by atoms with Crippen molar-refractivity contribution in [3.63, 3.8) is 0 Å². The van der Waals surface area contributed by atoms with E-state index < -0.39 is 12.6 Å². The van der Waals surface area contributed by atoms with Crippen molar-refractivity contribution in [3.05, 3.63) is 63.1 Å². The number of hydrogen-bond donors (Lipinski definition) is 2. The van der Waals surface area contributed by atoms with Gasteiger partial charge < -0.3 is 14.9 Å². The van der Waals surface area contributed by atoms with E-state index >= 15 is 0 Å². The van der Waals surface area contributed by atoms with E-state index in [9.17, 15) is 9.90 Å². The molecule has 2 aromatic carbocycles. The number of aliphatic carboxylic acids is 1. The molecule has 0 aliphatic heterocycles. The van der Waals surface area contributed by atoms with E-state index in [2.05, 4.69) is 4.37 Å². The van der Waals surface area contributed by atoms with Gasteiger partial charge in [0.1, 0.15) is 11.5 Å². The lowest BCUT2D eigenvalue weighted by Crippen LogP contribution is -2.09. The SMILES string of the molecule is O=C(O)COc1cc(Cl)c(Cc2ccc(O)c(-c3cnsc3)c2)c(Cl)c1. The molecule has 0 saturated heterocycles. The van der Waals surface area contributed by atoms with Gasteiger partial charge in [-0.15, -0.1) is 0 Å². The zero-order chi connectivity index (χ0) is 18.7. The Labute approximate surface area is 163 Å². The van der Waals surface area contributed by atoms with Crippen LogP contribution in [0.5, 0.6) is 11.5 Å². The normalized spacial score (nSPS) is 10.7. The molecule has 3 aromatic rings.